The standard InChI is InChI=1S/C17H28N2O2/c1-11(2)14-16(21)18-10-6-7-12(18)15(20)19(14)13-8-5-9-17(13,3)4/h11-14H,5-10H2,1-4H3. The SMILES string of the molecule is CC(C)C1C(=O)N2CCCC2C(=O)N1C1CCCC1(C)C. The second kappa shape index (κ2) is 4.99. The molecule has 4 heteroatoms. The molecule has 2 heterocycles. The zero-order valence-electron chi connectivity index (χ0n) is 13.8. The van der Waals surface area contributed by atoms with Crippen molar-refractivity contribution in [3.8, 4) is 0 Å². The molecule has 118 valence electrons. The van der Waals surface area contributed by atoms with Gasteiger partial charge >= 0.3 is 0 Å². The third-order valence-corrected chi connectivity index (χ3v) is 5.80. The first-order valence-corrected chi connectivity index (χ1v) is 8.47. The minimum atomic E-state index is -0.255. The number of nitrogens with zero attached hydrogens (tertiary/aromatic N) is 2. The first-order chi connectivity index (χ1) is 9.84. The van der Waals surface area contributed by atoms with E-state index in [9.17, 15) is 9.59 Å². The molecule has 21 heavy (non-hydrogen) atoms. The van der Waals surface area contributed by atoms with Gasteiger partial charge in [0.25, 0.3) is 0 Å². The Morgan fingerprint density at radius 2 is 1.81 bits per heavy atom. The Labute approximate surface area is 127 Å². The van der Waals surface area contributed by atoms with Gasteiger partial charge in [0.2, 0.25) is 11.8 Å². The number of hydrogen-bond donors (Lipinski definition) is 0. The molecule has 0 aromatic heterocycles. The lowest BCUT2D eigenvalue weighted by Crippen LogP contribution is -2.67. The van der Waals surface area contributed by atoms with Crippen LogP contribution in [0.2, 0.25) is 0 Å². The van der Waals surface area contributed by atoms with Crippen LogP contribution in [0.1, 0.15) is 59.8 Å². The Balaban J connectivity index is 1.98. The van der Waals surface area contributed by atoms with E-state index < -0.39 is 0 Å². The topological polar surface area (TPSA) is 40.6 Å². The maximum atomic E-state index is 13.1. The van der Waals surface area contributed by atoms with Crippen LogP contribution in [0.25, 0.3) is 0 Å². The Kier molecular flexibility index (Phi) is 3.53. The van der Waals surface area contributed by atoms with Crippen LogP contribution in [0, 0.1) is 11.3 Å². The van der Waals surface area contributed by atoms with Crippen LogP contribution in [0.5, 0.6) is 0 Å². The van der Waals surface area contributed by atoms with Crippen LogP contribution in [0.15, 0.2) is 0 Å². The Morgan fingerprint density at radius 1 is 1.10 bits per heavy atom. The van der Waals surface area contributed by atoms with Crippen LogP contribution >= 0.6 is 0 Å². The summed E-state index contributed by atoms with van der Waals surface area (Å²) in [5.74, 6) is 0.583. The molecule has 0 bridgehead atoms. The van der Waals surface area contributed by atoms with Crippen LogP contribution in [0.3, 0.4) is 0 Å². The number of piperazine rings is 1. The zero-order valence-corrected chi connectivity index (χ0v) is 13.8. The fraction of sp³-hybridized carbons (Fsp3) is 0.882. The summed E-state index contributed by atoms with van der Waals surface area (Å²) < 4.78 is 0. The number of fused-ring (bicyclic) bond motifs is 1. The van der Waals surface area contributed by atoms with Gasteiger partial charge in [-0.15, -0.1) is 0 Å². The molecule has 3 atom stereocenters. The lowest BCUT2D eigenvalue weighted by atomic mass is 9.83. The fourth-order valence-electron chi connectivity index (χ4n) is 4.66. The number of hydrogen-bond acceptors (Lipinski definition) is 2. The third-order valence-electron chi connectivity index (χ3n) is 5.80. The van der Waals surface area contributed by atoms with Crippen molar-refractivity contribution < 1.29 is 9.59 Å². The number of rotatable bonds is 2. The Morgan fingerprint density at radius 3 is 2.38 bits per heavy atom. The van der Waals surface area contributed by atoms with Crippen molar-refractivity contribution in [1.82, 2.24) is 9.80 Å². The summed E-state index contributed by atoms with van der Waals surface area (Å²) in [4.78, 5) is 29.8. The number of amides is 2. The highest BCUT2D eigenvalue weighted by molar-refractivity contribution is 5.97. The van der Waals surface area contributed by atoms with E-state index in [1.165, 1.54) is 0 Å². The Bertz CT molecular complexity index is 458. The molecule has 3 unspecified atom stereocenters. The van der Waals surface area contributed by atoms with E-state index in [-0.39, 0.29) is 41.3 Å². The van der Waals surface area contributed by atoms with Crippen molar-refractivity contribution >= 4 is 11.8 Å². The van der Waals surface area contributed by atoms with E-state index >= 15 is 0 Å². The van der Waals surface area contributed by atoms with Gasteiger partial charge in [-0.25, -0.2) is 0 Å². The van der Waals surface area contributed by atoms with Crippen LogP contribution < -0.4 is 0 Å². The summed E-state index contributed by atoms with van der Waals surface area (Å²) in [6.45, 7) is 9.41. The van der Waals surface area contributed by atoms with Gasteiger partial charge in [0.05, 0.1) is 0 Å². The van der Waals surface area contributed by atoms with Gasteiger partial charge in [-0.2, -0.15) is 0 Å². The Hall–Kier alpha value is -1.06. The molecule has 2 amide bonds. The average molecular weight is 292 g/mol. The molecule has 3 rings (SSSR count). The molecule has 0 radical (unpaired) electrons. The van der Waals surface area contributed by atoms with Gasteiger partial charge in [-0.3, -0.25) is 9.59 Å². The van der Waals surface area contributed by atoms with Gasteiger partial charge < -0.3 is 9.80 Å². The van der Waals surface area contributed by atoms with E-state index in [1.54, 1.807) is 0 Å². The van der Waals surface area contributed by atoms with E-state index in [0.29, 0.717) is 0 Å². The number of carbonyl (C=O) groups is 2. The zero-order chi connectivity index (χ0) is 15.4. The monoisotopic (exact) mass is 292 g/mol. The third kappa shape index (κ3) is 2.18. The minimum Gasteiger partial charge on any atom is -0.329 e. The highest BCUT2D eigenvalue weighted by Gasteiger charge is 2.53. The minimum absolute atomic E-state index is 0.129. The maximum absolute atomic E-state index is 13.1. The molecular formula is C17H28N2O2. The van der Waals surface area contributed by atoms with Gasteiger partial charge in [0.1, 0.15) is 12.1 Å². The van der Waals surface area contributed by atoms with Gasteiger partial charge in [0.15, 0.2) is 0 Å². The summed E-state index contributed by atoms with van der Waals surface area (Å²) in [6.07, 6.45) is 5.17. The summed E-state index contributed by atoms with van der Waals surface area (Å²) in [6, 6.07) is -0.206. The predicted molar refractivity (Wildman–Crippen MR) is 81.6 cm³/mol. The molecule has 1 saturated carbocycles. The molecule has 2 saturated heterocycles. The van der Waals surface area contributed by atoms with Crippen molar-refractivity contribution in [1.29, 1.82) is 0 Å². The molecule has 0 aromatic carbocycles. The van der Waals surface area contributed by atoms with E-state index in [0.717, 1.165) is 38.6 Å². The van der Waals surface area contributed by atoms with Crippen molar-refractivity contribution in [3.05, 3.63) is 0 Å². The molecule has 2 aliphatic heterocycles. The second-order valence-corrected chi connectivity index (χ2v) is 8.02. The van der Waals surface area contributed by atoms with E-state index in [2.05, 4.69) is 27.7 Å². The van der Waals surface area contributed by atoms with Crippen molar-refractivity contribution in [3.63, 3.8) is 0 Å². The highest BCUT2D eigenvalue weighted by Crippen LogP contribution is 2.44. The lowest BCUT2D eigenvalue weighted by molar-refractivity contribution is -0.166. The maximum Gasteiger partial charge on any atom is 0.246 e. The average Bonchev–Trinajstić information content (AvgIpc) is 2.99. The second-order valence-electron chi connectivity index (χ2n) is 8.02. The lowest BCUT2D eigenvalue weighted by Gasteiger charge is -2.49. The molecule has 1 aliphatic carbocycles. The predicted octanol–water partition coefficient (Wildman–Crippen LogP) is 2.42. The summed E-state index contributed by atoms with van der Waals surface area (Å²) in [5, 5.41) is 0. The number of carbonyl (C=O) groups excluding carboxylic acids is 2. The fourth-order valence-corrected chi connectivity index (χ4v) is 4.66. The summed E-state index contributed by atoms with van der Waals surface area (Å²) in [7, 11) is 0. The highest BCUT2D eigenvalue weighted by atomic mass is 16.2. The van der Waals surface area contributed by atoms with E-state index in [1.807, 2.05) is 9.80 Å². The largest absolute Gasteiger partial charge is 0.329 e. The van der Waals surface area contributed by atoms with Crippen LogP contribution in [-0.2, 0) is 9.59 Å². The summed E-state index contributed by atoms with van der Waals surface area (Å²) in [5.41, 5.74) is 0.129. The molecule has 0 N–H and O–H groups in total. The smallest absolute Gasteiger partial charge is 0.246 e. The van der Waals surface area contributed by atoms with Crippen molar-refractivity contribution in [2.24, 2.45) is 11.3 Å². The first kappa shape index (κ1) is 14.9. The normalized spacial score (nSPS) is 35.8. The quantitative estimate of drug-likeness (QED) is 0.784. The van der Waals surface area contributed by atoms with Crippen molar-refractivity contribution in [2.45, 2.75) is 77.9 Å². The summed E-state index contributed by atoms with van der Waals surface area (Å²) >= 11 is 0. The molecule has 0 aromatic rings. The van der Waals surface area contributed by atoms with Gasteiger partial charge in [-0.1, -0.05) is 34.1 Å². The molecule has 0 spiro atoms. The van der Waals surface area contributed by atoms with Crippen LogP contribution in [0.4, 0.5) is 0 Å². The van der Waals surface area contributed by atoms with E-state index in [4.69, 9.17) is 0 Å². The van der Waals surface area contributed by atoms with Gasteiger partial charge in [0, 0.05) is 12.6 Å². The molecule has 4 nitrogen and oxygen atoms in total. The van der Waals surface area contributed by atoms with Gasteiger partial charge in [-0.05, 0) is 37.0 Å². The molecular weight excluding hydrogens is 264 g/mol. The van der Waals surface area contributed by atoms with Crippen molar-refractivity contribution in [2.75, 3.05) is 6.54 Å². The molecule has 3 fully saturated rings. The van der Waals surface area contributed by atoms with Crippen LogP contribution in [-0.4, -0.2) is 46.3 Å². The first-order valence-electron chi connectivity index (χ1n) is 8.47. The molecule has 3 aliphatic rings.